The van der Waals surface area contributed by atoms with Crippen molar-refractivity contribution in [3.8, 4) is 0 Å². The summed E-state index contributed by atoms with van der Waals surface area (Å²) >= 11 is 0. The van der Waals surface area contributed by atoms with E-state index in [9.17, 15) is 14.4 Å². The largest absolute Gasteiger partial charge is 0.481 e. The standard InChI is InChI=1S/C26H47BN4O6/c1-15(2)12-20(27-36-19-14-16-13-18(25(16,6)7)26(19,8)37-27)31-21(32)17(10-9-11-29-22(28)33)30-23(34)35-24(3,4)5/h15-20H,9-14H2,1-8H3,(H,30,34)(H,31,32)(H3,28,29,33)/t16-,17+,18-,19-,20+,26+/m1/s1. The first-order valence-corrected chi connectivity index (χ1v) is 13.7. The topological polar surface area (TPSA) is 141 Å². The summed E-state index contributed by atoms with van der Waals surface area (Å²) in [5, 5.41) is 8.32. The summed E-state index contributed by atoms with van der Waals surface area (Å²) in [6, 6.07) is -1.49. The molecule has 37 heavy (non-hydrogen) atoms. The Morgan fingerprint density at radius 3 is 2.38 bits per heavy atom. The quantitative estimate of drug-likeness (QED) is 0.257. The van der Waals surface area contributed by atoms with Gasteiger partial charge in [-0.2, -0.15) is 0 Å². The molecule has 1 aliphatic heterocycles. The molecule has 2 bridgehead atoms. The highest BCUT2D eigenvalue weighted by Gasteiger charge is 2.68. The molecule has 3 saturated carbocycles. The van der Waals surface area contributed by atoms with Gasteiger partial charge in [0.25, 0.3) is 0 Å². The van der Waals surface area contributed by atoms with Gasteiger partial charge in [0.1, 0.15) is 11.6 Å². The summed E-state index contributed by atoms with van der Waals surface area (Å²) in [6.07, 6.45) is 2.86. The fraction of sp³-hybridized carbons (Fsp3) is 0.885. The Labute approximate surface area is 222 Å². The van der Waals surface area contributed by atoms with Gasteiger partial charge in [-0.15, -0.1) is 0 Å². The zero-order valence-corrected chi connectivity index (χ0v) is 23.8. The molecular formula is C26H47BN4O6. The average Bonchev–Trinajstić information content (AvgIpc) is 3.10. The van der Waals surface area contributed by atoms with Gasteiger partial charge in [0.05, 0.1) is 17.6 Å². The Hall–Kier alpha value is -2.01. The Morgan fingerprint density at radius 1 is 1.14 bits per heavy atom. The van der Waals surface area contributed by atoms with Gasteiger partial charge >= 0.3 is 19.2 Å². The van der Waals surface area contributed by atoms with Crippen LogP contribution in [0.5, 0.6) is 0 Å². The molecule has 0 aromatic heterocycles. The van der Waals surface area contributed by atoms with Gasteiger partial charge in [0.15, 0.2) is 0 Å². The number of ether oxygens (including phenoxy) is 1. The molecule has 210 valence electrons. The summed E-state index contributed by atoms with van der Waals surface area (Å²) < 4.78 is 18.5. The van der Waals surface area contributed by atoms with Crippen LogP contribution >= 0.6 is 0 Å². The highest BCUT2D eigenvalue weighted by molar-refractivity contribution is 6.47. The number of hydrogen-bond donors (Lipinski definition) is 4. The number of alkyl carbamates (subject to hydrolysis) is 1. The number of carbonyl (C=O) groups is 3. The molecule has 4 aliphatic rings. The Kier molecular flexibility index (Phi) is 8.79. The number of urea groups is 1. The van der Waals surface area contributed by atoms with E-state index in [1.54, 1.807) is 20.8 Å². The maximum atomic E-state index is 13.5. The van der Waals surface area contributed by atoms with Crippen molar-refractivity contribution in [3.05, 3.63) is 0 Å². The second-order valence-corrected chi connectivity index (χ2v) is 13.2. The zero-order chi connectivity index (χ0) is 27.8. The lowest BCUT2D eigenvalue weighted by Crippen LogP contribution is -2.65. The predicted octanol–water partition coefficient (Wildman–Crippen LogP) is 3.13. The van der Waals surface area contributed by atoms with E-state index in [4.69, 9.17) is 19.8 Å². The monoisotopic (exact) mass is 522 g/mol. The van der Waals surface area contributed by atoms with Crippen LogP contribution in [-0.2, 0) is 18.8 Å². The van der Waals surface area contributed by atoms with Crippen LogP contribution < -0.4 is 21.7 Å². The van der Waals surface area contributed by atoms with E-state index in [1.165, 1.54) is 0 Å². The number of nitrogens with two attached hydrogens (primary N) is 1. The van der Waals surface area contributed by atoms with Crippen LogP contribution in [0, 0.1) is 23.2 Å². The first kappa shape index (κ1) is 29.5. The van der Waals surface area contributed by atoms with Crippen LogP contribution in [0.1, 0.15) is 87.5 Å². The summed E-state index contributed by atoms with van der Waals surface area (Å²) in [5.41, 5.74) is 4.29. The Bertz CT molecular complexity index is 862. The number of amides is 4. The first-order chi connectivity index (χ1) is 17.0. The molecule has 6 atom stereocenters. The van der Waals surface area contributed by atoms with Crippen LogP contribution in [0.4, 0.5) is 9.59 Å². The number of hydrogen-bond acceptors (Lipinski definition) is 6. The lowest BCUT2D eigenvalue weighted by molar-refractivity contribution is -0.199. The highest BCUT2D eigenvalue weighted by Crippen LogP contribution is 2.65. The maximum Gasteiger partial charge on any atom is 0.481 e. The van der Waals surface area contributed by atoms with Gasteiger partial charge in [-0.05, 0) is 83.0 Å². The van der Waals surface area contributed by atoms with Gasteiger partial charge in [-0.25, -0.2) is 9.59 Å². The molecule has 3 aliphatic carbocycles. The third-order valence-electron chi connectivity index (χ3n) is 8.33. The lowest BCUT2D eigenvalue weighted by Gasteiger charge is -2.64. The highest BCUT2D eigenvalue weighted by atomic mass is 16.7. The molecule has 11 heteroatoms. The fourth-order valence-corrected chi connectivity index (χ4v) is 6.34. The minimum absolute atomic E-state index is 0.0106. The van der Waals surface area contributed by atoms with Crippen LogP contribution in [-0.4, -0.2) is 61.0 Å². The first-order valence-electron chi connectivity index (χ1n) is 13.7. The predicted molar refractivity (Wildman–Crippen MR) is 141 cm³/mol. The van der Waals surface area contributed by atoms with Crippen molar-refractivity contribution >= 4 is 25.1 Å². The summed E-state index contributed by atoms with van der Waals surface area (Å²) in [4.78, 5) is 37.0. The molecule has 0 spiro atoms. The number of primary amides is 1. The van der Waals surface area contributed by atoms with E-state index >= 15 is 0 Å². The van der Waals surface area contributed by atoms with E-state index in [0.29, 0.717) is 31.1 Å². The molecule has 10 nitrogen and oxygen atoms in total. The van der Waals surface area contributed by atoms with Crippen molar-refractivity contribution in [2.75, 3.05) is 6.54 Å². The Balaban J connectivity index is 1.70. The van der Waals surface area contributed by atoms with Crippen molar-refractivity contribution in [3.63, 3.8) is 0 Å². The molecule has 5 N–H and O–H groups in total. The normalized spacial score (nSPS) is 29.5. The molecule has 0 aromatic carbocycles. The minimum atomic E-state index is -0.856. The molecule has 1 heterocycles. The van der Waals surface area contributed by atoms with Crippen molar-refractivity contribution in [1.82, 2.24) is 16.0 Å². The van der Waals surface area contributed by atoms with E-state index in [0.717, 1.165) is 12.8 Å². The SMILES string of the molecule is CC(C)C[C@H](NC(=O)[C@H](CCCNC(N)=O)NC(=O)OC(C)(C)C)B1O[C@@H]2C[C@H]3C[C@H](C3(C)C)[C@]2(C)O1. The molecule has 1 saturated heterocycles. The van der Waals surface area contributed by atoms with E-state index in [2.05, 4.69) is 50.6 Å². The smallest absolute Gasteiger partial charge is 0.444 e. The summed E-state index contributed by atoms with van der Waals surface area (Å²) in [5.74, 6) is 0.625. The van der Waals surface area contributed by atoms with Crippen molar-refractivity contribution in [1.29, 1.82) is 0 Å². The fourth-order valence-electron chi connectivity index (χ4n) is 6.34. The molecule has 0 aromatic rings. The molecule has 0 unspecified atom stereocenters. The molecule has 4 amide bonds. The van der Waals surface area contributed by atoms with Crippen LogP contribution in [0.2, 0.25) is 0 Å². The summed E-state index contributed by atoms with van der Waals surface area (Å²) in [7, 11) is -0.560. The molecule has 0 radical (unpaired) electrons. The molecular weight excluding hydrogens is 475 g/mol. The number of carbonyl (C=O) groups excluding carboxylic acids is 3. The van der Waals surface area contributed by atoms with Crippen molar-refractivity contribution < 1.29 is 28.4 Å². The van der Waals surface area contributed by atoms with Crippen LogP contribution in [0.15, 0.2) is 0 Å². The number of nitrogens with one attached hydrogen (secondary N) is 3. The van der Waals surface area contributed by atoms with Gasteiger partial charge in [0, 0.05) is 6.54 Å². The minimum Gasteiger partial charge on any atom is -0.444 e. The summed E-state index contributed by atoms with van der Waals surface area (Å²) in [6.45, 7) is 16.6. The third kappa shape index (κ3) is 6.90. The van der Waals surface area contributed by atoms with Crippen molar-refractivity contribution in [2.24, 2.45) is 28.9 Å². The third-order valence-corrected chi connectivity index (χ3v) is 8.33. The van der Waals surface area contributed by atoms with E-state index in [-0.39, 0.29) is 41.4 Å². The van der Waals surface area contributed by atoms with Gasteiger partial charge in [-0.3, -0.25) is 4.79 Å². The van der Waals surface area contributed by atoms with Gasteiger partial charge in [0.2, 0.25) is 5.91 Å². The zero-order valence-electron chi connectivity index (χ0n) is 23.8. The van der Waals surface area contributed by atoms with Gasteiger partial charge < -0.3 is 35.7 Å². The molecule has 4 rings (SSSR count). The van der Waals surface area contributed by atoms with E-state index < -0.39 is 30.9 Å². The van der Waals surface area contributed by atoms with Crippen molar-refractivity contribution in [2.45, 2.75) is 117 Å². The van der Waals surface area contributed by atoms with Crippen LogP contribution in [0.25, 0.3) is 0 Å². The van der Waals surface area contributed by atoms with Crippen LogP contribution in [0.3, 0.4) is 0 Å². The van der Waals surface area contributed by atoms with Gasteiger partial charge in [-0.1, -0.05) is 27.7 Å². The number of rotatable bonds is 10. The van der Waals surface area contributed by atoms with E-state index in [1.807, 2.05) is 0 Å². The lowest BCUT2D eigenvalue weighted by atomic mass is 9.43. The average molecular weight is 522 g/mol. The maximum absolute atomic E-state index is 13.5. The second-order valence-electron chi connectivity index (χ2n) is 13.2. The Morgan fingerprint density at radius 2 is 1.81 bits per heavy atom. The molecule has 4 fully saturated rings. The second kappa shape index (κ2) is 11.0.